The molecular formula is C10H15NOS. The average molecular weight is 197 g/mol. The third kappa shape index (κ3) is 3.68. The molecule has 0 aliphatic rings. The van der Waals surface area contributed by atoms with E-state index >= 15 is 0 Å². The van der Waals surface area contributed by atoms with Gasteiger partial charge in [-0.05, 0) is 25.7 Å². The first kappa shape index (κ1) is 10.4. The van der Waals surface area contributed by atoms with Gasteiger partial charge in [0.1, 0.15) is 5.75 Å². The number of hydrogen-bond donors (Lipinski definition) is 0. The Morgan fingerprint density at radius 2 is 2.23 bits per heavy atom. The van der Waals surface area contributed by atoms with Gasteiger partial charge in [-0.25, -0.2) is 0 Å². The summed E-state index contributed by atoms with van der Waals surface area (Å²) in [6.07, 6.45) is 3.82. The van der Waals surface area contributed by atoms with Crippen LogP contribution in [0.4, 0.5) is 0 Å². The van der Waals surface area contributed by atoms with Crippen molar-refractivity contribution in [3.8, 4) is 5.75 Å². The van der Waals surface area contributed by atoms with Crippen LogP contribution < -0.4 is 4.74 Å². The molecule has 0 bridgehead atoms. The van der Waals surface area contributed by atoms with Crippen LogP contribution in [0.25, 0.3) is 0 Å². The number of thioether (sulfide) groups is 1. The van der Waals surface area contributed by atoms with Crippen molar-refractivity contribution in [1.29, 1.82) is 0 Å². The molecule has 0 aliphatic carbocycles. The molecule has 0 saturated carbocycles. The van der Waals surface area contributed by atoms with Gasteiger partial charge in [0, 0.05) is 11.1 Å². The highest BCUT2D eigenvalue weighted by Gasteiger charge is 1.99. The summed E-state index contributed by atoms with van der Waals surface area (Å²) in [5, 5.41) is 0. The normalized spacial score (nSPS) is 10.5. The molecule has 0 atom stereocenters. The number of nitrogens with zero attached hydrogens (tertiary/aromatic N) is 1. The third-order valence-electron chi connectivity index (χ3n) is 1.37. The molecule has 2 nitrogen and oxygen atoms in total. The molecule has 1 rings (SSSR count). The van der Waals surface area contributed by atoms with Gasteiger partial charge in [0.15, 0.2) is 0 Å². The van der Waals surface area contributed by atoms with E-state index in [0.29, 0.717) is 0 Å². The van der Waals surface area contributed by atoms with E-state index in [2.05, 4.69) is 11.9 Å². The zero-order valence-corrected chi connectivity index (χ0v) is 9.10. The summed E-state index contributed by atoms with van der Waals surface area (Å²) in [5.74, 6) is 1.92. The van der Waals surface area contributed by atoms with E-state index in [1.165, 1.54) is 4.90 Å². The van der Waals surface area contributed by atoms with E-state index in [0.717, 1.165) is 11.5 Å². The summed E-state index contributed by atoms with van der Waals surface area (Å²) < 4.78 is 5.53. The molecule has 1 aromatic heterocycles. The quantitative estimate of drug-likeness (QED) is 0.693. The Morgan fingerprint density at radius 1 is 1.46 bits per heavy atom. The van der Waals surface area contributed by atoms with Crippen molar-refractivity contribution < 1.29 is 4.74 Å². The van der Waals surface area contributed by atoms with Crippen molar-refractivity contribution in [3.05, 3.63) is 18.5 Å². The molecule has 0 aliphatic heterocycles. The SMILES string of the molecule is CCSc1cncc(OC(C)C)c1. The summed E-state index contributed by atoms with van der Waals surface area (Å²) in [6, 6.07) is 2.03. The van der Waals surface area contributed by atoms with Crippen molar-refractivity contribution >= 4 is 11.8 Å². The van der Waals surface area contributed by atoms with Crippen LogP contribution in [-0.2, 0) is 0 Å². The van der Waals surface area contributed by atoms with Crippen LogP contribution in [0, 0.1) is 0 Å². The molecule has 72 valence electrons. The molecule has 1 heterocycles. The van der Waals surface area contributed by atoms with Gasteiger partial charge in [0.05, 0.1) is 12.3 Å². The van der Waals surface area contributed by atoms with Crippen LogP contribution >= 0.6 is 11.8 Å². The van der Waals surface area contributed by atoms with Crippen LogP contribution in [0.3, 0.4) is 0 Å². The summed E-state index contributed by atoms with van der Waals surface area (Å²) in [5.41, 5.74) is 0. The Hall–Kier alpha value is -0.700. The largest absolute Gasteiger partial charge is 0.489 e. The number of ether oxygens (including phenoxy) is 1. The third-order valence-corrected chi connectivity index (χ3v) is 2.22. The fourth-order valence-electron chi connectivity index (χ4n) is 0.981. The van der Waals surface area contributed by atoms with E-state index in [1.807, 2.05) is 26.1 Å². The minimum atomic E-state index is 0.212. The van der Waals surface area contributed by atoms with E-state index in [4.69, 9.17) is 4.74 Å². The minimum Gasteiger partial charge on any atom is -0.489 e. The molecule has 0 saturated heterocycles. The molecular weight excluding hydrogens is 182 g/mol. The number of pyridine rings is 1. The van der Waals surface area contributed by atoms with Gasteiger partial charge >= 0.3 is 0 Å². The Labute approximate surface area is 83.7 Å². The molecule has 0 amide bonds. The first-order chi connectivity index (χ1) is 6.22. The molecule has 3 heteroatoms. The maximum Gasteiger partial charge on any atom is 0.139 e. The zero-order chi connectivity index (χ0) is 9.68. The van der Waals surface area contributed by atoms with Gasteiger partial charge < -0.3 is 4.74 Å². The zero-order valence-electron chi connectivity index (χ0n) is 8.28. The van der Waals surface area contributed by atoms with Crippen molar-refractivity contribution in [2.24, 2.45) is 0 Å². The predicted octanol–water partition coefficient (Wildman–Crippen LogP) is 2.98. The van der Waals surface area contributed by atoms with Crippen LogP contribution in [0.15, 0.2) is 23.4 Å². The van der Waals surface area contributed by atoms with Crippen molar-refractivity contribution in [1.82, 2.24) is 4.98 Å². The average Bonchev–Trinajstić information content (AvgIpc) is 2.04. The summed E-state index contributed by atoms with van der Waals surface area (Å²) in [6.45, 7) is 6.15. The highest BCUT2D eigenvalue weighted by molar-refractivity contribution is 7.99. The van der Waals surface area contributed by atoms with Crippen LogP contribution in [0.1, 0.15) is 20.8 Å². The Bertz CT molecular complexity index is 263. The molecule has 13 heavy (non-hydrogen) atoms. The lowest BCUT2D eigenvalue weighted by molar-refractivity contribution is 0.241. The second kappa shape index (κ2) is 5.12. The Kier molecular flexibility index (Phi) is 4.09. The van der Waals surface area contributed by atoms with Crippen molar-refractivity contribution in [3.63, 3.8) is 0 Å². The highest BCUT2D eigenvalue weighted by Crippen LogP contribution is 2.21. The minimum absolute atomic E-state index is 0.212. The van der Waals surface area contributed by atoms with Gasteiger partial charge in [0.25, 0.3) is 0 Å². The second-order valence-corrected chi connectivity index (χ2v) is 4.29. The maximum atomic E-state index is 5.53. The molecule has 0 spiro atoms. The Balaban J connectivity index is 2.67. The maximum absolute atomic E-state index is 5.53. The number of hydrogen-bond acceptors (Lipinski definition) is 3. The van der Waals surface area contributed by atoms with Gasteiger partial charge in [-0.3, -0.25) is 4.98 Å². The van der Waals surface area contributed by atoms with Crippen LogP contribution in [0.2, 0.25) is 0 Å². The molecule has 0 fully saturated rings. The lowest BCUT2D eigenvalue weighted by Gasteiger charge is -2.09. The first-order valence-corrected chi connectivity index (χ1v) is 5.45. The van der Waals surface area contributed by atoms with E-state index < -0.39 is 0 Å². The molecule has 0 unspecified atom stereocenters. The molecule has 1 aromatic rings. The Morgan fingerprint density at radius 3 is 2.85 bits per heavy atom. The summed E-state index contributed by atoms with van der Waals surface area (Å²) in [4.78, 5) is 5.28. The van der Waals surface area contributed by atoms with Gasteiger partial charge in [0.2, 0.25) is 0 Å². The number of aromatic nitrogens is 1. The van der Waals surface area contributed by atoms with Gasteiger partial charge in [-0.2, -0.15) is 0 Å². The highest BCUT2D eigenvalue weighted by atomic mass is 32.2. The predicted molar refractivity (Wildman–Crippen MR) is 56.4 cm³/mol. The summed E-state index contributed by atoms with van der Waals surface area (Å²) >= 11 is 1.77. The van der Waals surface area contributed by atoms with Crippen molar-refractivity contribution in [2.45, 2.75) is 31.8 Å². The van der Waals surface area contributed by atoms with E-state index in [-0.39, 0.29) is 6.10 Å². The first-order valence-electron chi connectivity index (χ1n) is 4.47. The van der Waals surface area contributed by atoms with Gasteiger partial charge in [-0.15, -0.1) is 11.8 Å². The summed E-state index contributed by atoms with van der Waals surface area (Å²) in [7, 11) is 0. The monoisotopic (exact) mass is 197 g/mol. The smallest absolute Gasteiger partial charge is 0.139 e. The lowest BCUT2D eigenvalue weighted by atomic mass is 10.4. The fraction of sp³-hybridized carbons (Fsp3) is 0.500. The molecule has 0 aromatic carbocycles. The lowest BCUT2D eigenvalue weighted by Crippen LogP contribution is -2.05. The van der Waals surface area contributed by atoms with E-state index in [1.54, 1.807) is 18.0 Å². The van der Waals surface area contributed by atoms with Gasteiger partial charge in [-0.1, -0.05) is 6.92 Å². The molecule has 0 radical (unpaired) electrons. The van der Waals surface area contributed by atoms with E-state index in [9.17, 15) is 0 Å². The van der Waals surface area contributed by atoms with Crippen LogP contribution in [0.5, 0.6) is 5.75 Å². The topological polar surface area (TPSA) is 22.1 Å². The second-order valence-electron chi connectivity index (χ2n) is 2.96. The van der Waals surface area contributed by atoms with Crippen LogP contribution in [-0.4, -0.2) is 16.8 Å². The van der Waals surface area contributed by atoms with Crippen molar-refractivity contribution in [2.75, 3.05) is 5.75 Å². The fourth-order valence-corrected chi connectivity index (χ4v) is 1.65. The molecule has 0 N–H and O–H groups in total. The number of rotatable bonds is 4. The standard InChI is InChI=1S/C10H15NOS/c1-4-13-10-5-9(6-11-7-10)12-8(2)3/h5-8H,4H2,1-3H3.